The van der Waals surface area contributed by atoms with Crippen LogP contribution in [0.15, 0.2) is 43.1 Å². The fourth-order valence-corrected chi connectivity index (χ4v) is 2.79. The summed E-state index contributed by atoms with van der Waals surface area (Å²) < 4.78 is 3.08. The summed E-state index contributed by atoms with van der Waals surface area (Å²) in [5, 5.41) is 24.9. The minimum absolute atomic E-state index is 0.272. The number of H-pyrrole nitrogens is 1. The lowest BCUT2D eigenvalue weighted by atomic mass is 10.1. The molecule has 4 heterocycles. The highest BCUT2D eigenvalue weighted by molar-refractivity contribution is 5.97. The van der Waals surface area contributed by atoms with Gasteiger partial charge in [-0.05, 0) is 36.4 Å². The normalized spacial score (nSPS) is 12.1. The molecule has 0 bridgehead atoms. The molecule has 11 nitrogen and oxygen atoms in total. The van der Waals surface area contributed by atoms with Crippen LogP contribution in [-0.4, -0.2) is 51.1 Å². The Morgan fingerprint density at radius 2 is 2.19 bits per heavy atom. The van der Waals surface area contributed by atoms with Gasteiger partial charge in [-0.3, -0.25) is 9.89 Å². The van der Waals surface area contributed by atoms with Crippen LogP contribution in [0.3, 0.4) is 0 Å². The third-order valence-corrected chi connectivity index (χ3v) is 4.17. The molecule has 0 aromatic carbocycles. The van der Waals surface area contributed by atoms with Gasteiger partial charge >= 0.3 is 0 Å². The summed E-state index contributed by atoms with van der Waals surface area (Å²) >= 11 is 0. The monoisotopic (exact) mass is 364 g/mol. The number of aromatic amines is 1. The second-order valence-corrected chi connectivity index (χ2v) is 5.87. The highest BCUT2D eigenvalue weighted by Gasteiger charge is 2.21. The zero-order valence-electron chi connectivity index (χ0n) is 14.6. The predicted octanol–water partition coefficient (Wildman–Crippen LogP) is 0.766. The molecule has 1 atom stereocenters. The Morgan fingerprint density at radius 1 is 1.30 bits per heavy atom. The molecule has 136 valence electrons. The van der Waals surface area contributed by atoms with Gasteiger partial charge in [-0.1, -0.05) is 6.07 Å². The van der Waals surface area contributed by atoms with Gasteiger partial charge in [-0.15, -0.1) is 5.10 Å². The molecule has 4 aromatic rings. The van der Waals surface area contributed by atoms with E-state index in [1.807, 2.05) is 32.0 Å². The SMILES string of the molecule is Cc1c([C@@H](C)NC(=O)c2cn[nH]c2-n2cnnn2)cnn1-c1ccccn1. The van der Waals surface area contributed by atoms with Crippen molar-refractivity contribution in [2.24, 2.45) is 0 Å². The first-order valence-electron chi connectivity index (χ1n) is 8.18. The number of nitrogens with one attached hydrogen (secondary N) is 2. The van der Waals surface area contributed by atoms with E-state index >= 15 is 0 Å². The number of tetrazole rings is 1. The maximum absolute atomic E-state index is 12.7. The van der Waals surface area contributed by atoms with E-state index < -0.39 is 0 Å². The Balaban J connectivity index is 1.55. The minimum Gasteiger partial charge on any atom is -0.345 e. The van der Waals surface area contributed by atoms with Crippen molar-refractivity contribution in [3.05, 3.63) is 59.9 Å². The highest BCUT2D eigenvalue weighted by atomic mass is 16.1. The molecule has 2 N–H and O–H groups in total. The van der Waals surface area contributed by atoms with Crippen LogP contribution in [0.2, 0.25) is 0 Å². The average molecular weight is 364 g/mol. The Hall–Kier alpha value is -3.89. The summed E-state index contributed by atoms with van der Waals surface area (Å²) in [5.41, 5.74) is 2.12. The summed E-state index contributed by atoms with van der Waals surface area (Å²) in [6.45, 7) is 3.82. The van der Waals surface area contributed by atoms with Crippen LogP contribution in [-0.2, 0) is 0 Å². The first kappa shape index (κ1) is 16.6. The Kier molecular flexibility index (Phi) is 4.16. The van der Waals surface area contributed by atoms with Crippen LogP contribution in [0, 0.1) is 6.92 Å². The number of carbonyl (C=O) groups is 1. The van der Waals surface area contributed by atoms with Crippen LogP contribution in [0.1, 0.15) is 34.6 Å². The summed E-state index contributed by atoms with van der Waals surface area (Å²) in [6, 6.07) is 5.34. The van der Waals surface area contributed by atoms with Gasteiger partial charge in [0.2, 0.25) is 0 Å². The summed E-state index contributed by atoms with van der Waals surface area (Å²) in [6.07, 6.45) is 6.26. The van der Waals surface area contributed by atoms with E-state index in [4.69, 9.17) is 0 Å². The number of pyridine rings is 1. The van der Waals surface area contributed by atoms with E-state index in [0.717, 1.165) is 17.1 Å². The Bertz CT molecular complexity index is 1050. The van der Waals surface area contributed by atoms with Crippen molar-refractivity contribution in [2.45, 2.75) is 19.9 Å². The lowest BCUT2D eigenvalue weighted by molar-refractivity contribution is 0.0939. The van der Waals surface area contributed by atoms with E-state index in [2.05, 4.69) is 41.1 Å². The summed E-state index contributed by atoms with van der Waals surface area (Å²) in [7, 11) is 0. The van der Waals surface area contributed by atoms with Crippen molar-refractivity contribution >= 4 is 5.91 Å². The number of carbonyl (C=O) groups excluding carboxylic acids is 1. The maximum Gasteiger partial charge on any atom is 0.257 e. The smallest absolute Gasteiger partial charge is 0.257 e. The number of aromatic nitrogens is 9. The maximum atomic E-state index is 12.7. The lowest BCUT2D eigenvalue weighted by Gasteiger charge is -2.14. The number of rotatable bonds is 5. The molecule has 0 aliphatic heterocycles. The lowest BCUT2D eigenvalue weighted by Crippen LogP contribution is -2.27. The minimum atomic E-state index is -0.299. The molecule has 0 aliphatic carbocycles. The average Bonchev–Trinajstić information content (AvgIpc) is 3.42. The molecule has 4 aromatic heterocycles. The van der Waals surface area contributed by atoms with Gasteiger partial charge in [0.25, 0.3) is 5.91 Å². The van der Waals surface area contributed by atoms with Crippen molar-refractivity contribution in [3.63, 3.8) is 0 Å². The van der Waals surface area contributed by atoms with Gasteiger partial charge in [0.1, 0.15) is 11.9 Å². The number of hydrogen-bond donors (Lipinski definition) is 2. The zero-order chi connectivity index (χ0) is 18.8. The molecular weight excluding hydrogens is 348 g/mol. The standard InChI is InChI=1S/C16H16N10O/c1-10(12-8-20-26(11(12)2)14-5-3-4-6-17-14)21-16(27)13-7-18-22-15(13)25-9-19-23-24-25/h3-10H,1-2H3,(H,18,22)(H,21,27)/t10-/m1/s1. The Labute approximate surface area is 153 Å². The molecular formula is C16H16N10O. The molecule has 27 heavy (non-hydrogen) atoms. The summed E-state index contributed by atoms with van der Waals surface area (Å²) in [4.78, 5) is 17.0. The first-order chi connectivity index (χ1) is 13.1. The van der Waals surface area contributed by atoms with Gasteiger partial charge in [0.15, 0.2) is 11.6 Å². The largest absolute Gasteiger partial charge is 0.345 e. The fraction of sp³-hybridized carbons (Fsp3) is 0.188. The number of amides is 1. The number of hydrogen-bond acceptors (Lipinski definition) is 7. The van der Waals surface area contributed by atoms with Gasteiger partial charge in [-0.2, -0.15) is 14.9 Å². The van der Waals surface area contributed by atoms with Crippen LogP contribution >= 0.6 is 0 Å². The highest BCUT2D eigenvalue weighted by Crippen LogP contribution is 2.20. The van der Waals surface area contributed by atoms with E-state index in [-0.39, 0.29) is 11.9 Å². The molecule has 4 rings (SSSR count). The second kappa shape index (κ2) is 6.78. The van der Waals surface area contributed by atoms with E-state index in [1.165, 1.54) is 17.2 Å². The van der Waals surface area contributed by atoms with E-state index in [0.29, 0.717) is 11.4 Å². The second-order valence-electron chi connectivity index (χ2n) is 5.87. The molecule has 11 heteroatoms. The third-order valence-electron chi connectivity index (χ3n) is 4.17. The quantitative estimate of drug-likeness (QED) is 0.534. The van der Waals surface area contributed by atoms with Gasteiger partial charge in [0.05, 0.1) is 18.4 Å². The van der Waals surface area contributed by atoms with Gasteiger partial charge in [-0.25, -0.2) is 9.67 Å². The Morgan fingerprint density at radius 3 is 2.93 bits per heavy atom. The fourth-order valence-electron chi connectivity index (χ4n) is 2.79. The topological polar surface area (TPSA) is 132 Å². The van der Waals surface area contributed by atoms with Crippen LogP contribution in [0.25, 0.3) is 11.6 Å². The summed E-state index contributed by atoms with van der Waals surface area (Å²) in [5.74, 6) is 0.813. The molecule has 0 aliphatic rings. The van der Waals surface area contributed by atoms with Crippen LogP contribution in [0.5, 0.6) is 0 Å². The van der Waals surface area contributed by atoms with Crippen molar-refractivity contribution in [1.29, 1.82) is 0 Å². The number of nitrogens with zero attached hydrogens (tertiary/aromatic N) is 8. The molecule has 0 saturated heterocycles. The van der Waals surface area contributed by atoms with Crippen molar-refractivity contribution in [3.8, 4) is 11.6 Å². The van der Waals surface area contributed by atoms with Crippen molar-refractivity contribution in [2.75, 3.05) is 0 Å². The molecule has 0 spiro atoms. The van der Waals surface area contributed by atoms with Crippen LogP contribution < -0.4 is 5.32 Å². The zero-order valence-corrected chi connectivity index (χ0v) is 14.6. The molecule has 0 fully saturated rings. The predicted molar refractivity (Wildman–Crippen MR) is 93.3 cm³/mol. The van der Waals surface area contributed by atoms with E-state index in [1.54, 1.807) is 17.1 Å². The van der Waals surface area contributed by atoms with Crippen molar-refractivity contribution in [1.82, 2.24) is 50.5 Å². The van der Waals surface area contributed by atoms with E-state index in [9.17, 15) is 4.79 Å². The molecule has 0 saturated carbocycles. The van der Waals surface area contributed by atoms with Crippen LogP contribution in [0.4, 0.5) is 0 Å². The molecule has 1 amide bonds. The van der Waals surface area contributed by atoms with Gasteiger partial charge < -0.3 is 5.32 Å². The van der Waals surface area contributed by atoms with Gasteiger partial charge in [0, 0.05) is 17.5 Å². The first-order valence-corrected chi connectivity index (χ1v) is 8.18. The molecule has 0 radical (unpaired) electrons. The molecule has 0 unspecified atom stereocenters. The third kappa shape index (κ3) is 3.05. The van der Waals surface area contributed by atoms with Crippen molar-refractivity contribution < 1.29 is 4.79 Å².